The van der Waals surface area contributed by atoms with Gasteiger partial charge >= 0.3 is 12.1 Å². The van der Waals surface area contributed by atoms with Crippen LogP contribution in [0, 0.1) is 11.3 Å². The van der Waals surface area contributed by atoms with Crippen molar-refractivity contribution < 1.29 is 22.7 Å². The molecule has 0 aromatic carbocycles. The highest BCUT2D eigenvalue weighted by Crippen LogP contribution is 2.60. The average Bonchev–Trinajstić information content (AvgIpc) is 2.78. The molecule has 0 saturated heterocycles. The summed E-state index contributed by atoms with van der Waals surface area (Å²) < 4.78 is 40.7. The molecule has 1 saturated carbocycles. The zero-order chi connectivity index (χ0) is 10.3. The first-order valence-corrected chi connectivity index (χ1v) is 3.73. The van der Waals surface area contributed by atoms with Crippen LogP contribution in [0.1, 0.15) is 6.42 Å². The van der Waals surface area contributed by atoms with Crippen molar-refractivity contribution in [3.05, 3.63) is 0 Å². The van der Waals surface area contributed by atoms with Crippen LogP contribution in [-0.4, -0.2) is 25.8 Å². The molecule has 1 fully saturated rings. The molecule has 0 unspecified atom stereocenters. The fraction of sp³-hybridized carbons (Fsp3) is 0.857. The third kappa shape index (κ3) is 1.50. The van der Waals surface area contributed by atoms with Gasteiger partial charge in [0.25, 0.3) is 0 Å². The van der Waals surface area contributed by atoms with E-state index >= 15 is 0 Å². The van der Waals surface area contributed by atoms with E-state index in [2.05, 4.69) is 4.74 Å². The molecular formula is C7H10F3NO2. The van der Waals surface area contributed by atoms with Crippen molar-refractivity contribution in [2.45, 2.75) is 12.6 Å². The molecular weight excluding hydrogens is 187 g/mol. The summed E-state index contributed by atoms with van der Waals surface area (Å²) in [6.07, 6.45) is -4.60. The third-order valence-electron chi connectivity index (χ3n) is 2.43. The number of nitrogens with two attached hydrogens (primary N) is 1. The van der Waals surface area contributed by atoms with Gasteiger partial charge in [-0.2, -0.15) is 13.2 Å². The Bertz CT molecular complexity index is 228. The predicted molar refractivity (Wildman–Crippen MR) is 37.7 cm³/mol. The lowest BCUT2D eigenvalue weighted by atomic mass is 10.0. The van der Waals surface area contributed by atoms with Gasteiger partial charge in [0.05, 0.1) is 18.4 Å². The molecule has 6 heteroatoms. The highest BCUT2D eigenvalue weighted by Gasteiger charge is 2.70. The first-order valence-electron chi connectivity index (χ1n) is 3.73. The van der Waals surface area contributed by atoms with Crippen LogP contribution in [0.15, 0.2) is 0 Å². The first kappa shape index (κ1) is 10.3. The van der Waals surface area contributed by atoms with E-state index in [9.17, 15) is 18.0 Å². The summed E-state index contributed by atoms with van der Waals surface area (Å²) in [6, 6.07) is 0. The summed E-state index contributed by atoms with van der Waals surface area (Å²) in [7, 11) is 1.06. The molecule has 1 rings (SSSR count). The average molecular weight is 197 g/mol. The van der Waals surface area contributed by atoms with Gasteiger partial charge in [0, 0.05) is 6.54 Å². The lowest BCUT2D eigenvalue weighted by Gasteiger charge is -2.13. The largest absolute Gasteiger partial charge is 0.469 e. The van der Waals surface area contributed by atoms with Gasteiger partial charge in [-0.15, -0.1) is 0 Å². The molecule has 0 aromatic heterocycles. The van der Waals surface area contributed by atoms with Crippen LogP contribution in [0.3, 0.4) is 0 Å². The van der Waals surface area contributed by atoms with Crippen molar-refractivity contribution in [3.63, 3.8) is 0 Å². The van der Waals surface area contributed by atoms with Crippen LogP contribution in [0.25, 0.3) is 0 Å². The van der Waals surface area contributed by atoms with Gasteiger partial charge in [-0.1, -0.05) is 0 Å². The monoisotopic (exact) mass is 197 g/mol. The highest BCUT2D eigenvalue weighted by molar-refractivity contribution is 5.81. The number of ether oxygens (including phenoxy) is 1. The third-order valence-corrected chi connectivity index (χ3v) is 2.43. The number of alkyl halides is 3. The maximum Gasteiger partial charge on any atom is 0.393 e. The molecule has 0 aromatic rings. The Hall–Kier alpha value is -0.780. The number of carbonyl (C=O) groups excluding carboxylic acids is 1. The van der Waals surface area contributed by atoms with Crippen molar-refractivity contribution in [2.24, 2.45) is 17.1 Å². The first-order chi connectivity index (χ1) is 5.88. The maximum absolute atomic E-state index is 12.2. The van der Waals surface area contributed by atoms with Crippen LogP contribution in [-0.2, 0) is 9.53 Å². The summed E-state index contributed by atoms with van der Waals surface area (Å²) >= 11 is 0. The summed E-state index contributed by atoms with van der Waals surface area (Å²) in [5, 5.41) is 0. The van der Waals surface area contributed by atoms with Gasteiger partial charge in [-0.25, -0.2) is 0 Å². The van der Waals surface area contributed by atoms with E-state index in [4.69, 9.17) is 5.73 Å². The van der Waals surface area contributed by atoms with E-state index in [0.717, 1.165) is 7.11 Å². The van der Waals surface area contributed by atoms with E-state index in [1.54, 1.807) is 0 Å². The van der Waals surface area contributed by atoms with Crippen LogP contribution >= 0.6 is 0 Å². The minimum absolute atomic E-state index is 0.250. The number of halogens is 3. The molecule has 3 nitrogen and oxygen atoms in total. The van der Waals surface area contributed by atoms with Crippen molar-refractivity contribution in [1.29, 1.82) is 0 Å². The second kappa shape index (κ2) is 2.87. The molecule has 0 bridgehead atoms. The van der Waals surface area contributed by atoms with E-state index in [-0.39, 0.29) is 13.0 Å². The summed E-state index contributed by atoms with van der Waals surface area (Å²) in [4.78, 5) is 11.0. The zero-order valence-corrected chi connectivity index (χ0v) is 7.02. The Balaban J connectivity index is 2.75. The lowest BCUT2D eigenvalue weighted by Crippen LogP contribution is -2.32. The minimum Gasteiger partial charge on any atom is -0.469 e. The van der Waals surface area contributed by atoms with Crippen molar-refractivity contribution in [1.82, 2.24) is 0 Å². The fourth-order valence-corrected chi connectivity index (χ4v) is 1.47. The van der Waals surface area contributed by atoms with Crippen LogP contribution in [0.2, 0.25) is 0 Å². The van der Waals surface area contributed by atoms with Crippen molar-refractivity contribution in [2.75, 3.05) is 13.7 Å². The summed E-state index contributed by atoms with van der Waals surface area (Å²) in [5.74, 6) is -2.49. The predicted octanol–water partition coefficient (Wildman–Crippen LogP) is 0.687. The van der Waals surface area contributed by atoms with E-state index in [1.165, 1.54) is 0 Å². The SMILES string of the molecule is COC(=O)[C@@]1(CN)C[C@@H]1C(F)(F)F. The molecule has 1 aliphatic rings. The molecule has 0 spiro atoms. The van der Waals surface area contributed by atoms with Gasteiger partial charge in [0.15, 0.2) is 0 Å². The van der Waals surface area contributed by atoms with Crippen molar-refractivity contribution in [3.8, 4) is 0 Å². The minimum atomic E-state index is -4.35. The maximum atomic E-state index is 12.2. The van der Waals surface area contributed by atoms with Crippen LogP contribution in [0.5, 0.6) is 0 Å². The fourth-order valence-electron chi connectivity index (χ4n) is 1.47. The molecule has 13 heavy (non-hydrogen) atoms. The topological polar surface area (TPSA) is 52.3 Å². The summed E-state index contributed by atoms with van der Waals surface area (Å²) in [6.45, 7) is -0.316. The Labute approximate surface area is 73.0 Å². The lowest BCUT2D eigenvalue weighted by molar-refractivity contribution is -0.169. The Kier molecular flexibility index (Phi) is 2.27. The standard InChI is InChI=1S/C7H10F3NO2/c1-13-5(12)6(3-11)2-4(6)7(8,9)10/h4H,2-3,11H2,1H3/t4-,6+/m0/s1. The molecule has 2 N–H and O–H groups in total. The van der Waals surface area contributed by atoms with Gasteiger partial charge < -0.3 is 10.5 Å². The Morgan fingerprint density at radius 1 is 1.69 bits per heavy atom. The number of rotatable bonds is 2. The van der Waals surface area contributed by atoms with Crippen LogP contribution in [0.4, 0.5) is 13.2 Å². The molecule has 1 aliphatic carbocycles. The van der Waals surface area contributed by atoms with Crippen molar-refractivity contribution >= 4 is 5.97 Å². The molecule has 2 atom stereocenters. The summed E-state index contributed by atoms with van der Waals surface area (Å²) in [5.41, 5.74) is 3.62. The van der Waals surface area contributed by atoms with E-state index in [1.807, 2.05) is 0 Å². The number of methoxy groups -OCH3 is 1. The van der Waals surface area contributed by atoms with E-state index in [0.29, 0.717) is 0 Å². The number of esters is 1. The van der Waals surface area contributed by atoms with Gasteiger partial charge in [-0.05, 0) is 6.42 Å². The zero-order valence-electron chi connectivity index (χ0n) is 7.02. The molecule has 0 aliphatic heterocycles. The quantitative estimate of drug-likeness (QED) is 0.662. The number of hydrogen-bond donors (Lipinski definition) is 1. The molecule has 0 radical (unpaired) electrons. The molecule has 0 amide bonds. The number of hydrogen-bond acceptors (Lipinski definition) is 3. The Morgan fingerprint density at radius 3 is 2.46 bits per heavy atom. The van der Waals surface area contributed by atoms with Crippen LogP contribution < -0.4 is 5.73 Å². The van der Waals surface area contributed by atoms with E-state index < -0.39 is 23.5 Å². The second-order valence-electron chi connectivity index (χ2n) is 3.15. The highest BCUT2D eigenvalue weighted by atomic mass is 19.4. The van der Waals surface area contributed by atoms with Gasteiger partial charge in [0.1, 0.15) is 0 Å². The molecule has 76 valence electrons. The normalized spacial score (nSPS) is 32.8. The van der Waals surface area contributed by atoms with Gasteiger partial charge in [0.2, 0.25) is 0 Å². The Morgan fingerprint density at radius 2 is 2.23 bits per heavy atom. The number of carbonyl (C=O) groups is 1. The smallest absolute Gasteiger partial charge is 0.393 e. The van der Waals surface area contributed by atoms with Gasteiger partial charge in [-0.3, -0.25) is 4.79 Å². The molecule has 0 heterocycles. The second-order valence-corrected chi connectivity index (χ2v) is 3.15.